The predicted octanol–water partition coefficient (Wildman–Crippen LogP) is 2.85. The molecule has 0 spiro atoms. The minimum atomic E-state index is -0.0645. The Kier molecular flexibility index (Phi) is 3.52. The fourth-order valence-corrected chi connectivity index (χ4v) is 2.06. The molecule has 92 valence electrons. The molecule has 4 nitrogen and oxygen atoms in total. The molecule has 1 aromatic heterocycles. The Morgan fingerprint density at radius 3 is 2.59 bits per heavy atom. The number of rotatable bonds is 1. The number of carbonyl (C=O) groups excluding carboxylic acids is 1. The van der Waals surface area contributed by atoms with Crippen LogP contribution in [0.3, 0.4) is 0 Å². The minimum Gasteiger partial charge on any atom is -0.324 e. The van der Waals surface area contributed by atoms with Gasteiger partial charge in [0.1, 0.15) is 5.15 Å². The first-order valence-corrected chi connectivity index (χ1v) is 6.11. The van der Waals surface area contributed by atoms with E-state index in [1.54, 1.807) is 18.3 Å². The van der Waals surface area contributed by atoms with Crippen molar-refractivity contribution in [1.29, 1.82) is 0 Å². The van der Waals surface area contributed by atoms with Gasteiger partial charge in [-0.2, -0.15) is 0 Å². The minimum absolute atomic E-state index is 0.0645. The van der Waals surface area contributed by atoms with Crippen molar-refractivity contribution >= 4 is 23.3 Å². The number of hydrogen-bond acceptors (Lipinski definition) is 2. The Morgan fingerprint density at radius 1 is 1.41 bits per heavy atom. The summed E-state index contributed by atoms with van der Waals surface area (Å²) in [5.74, 6) is 1.12. The summed E-state index contributed by atoms with van der Waals surface area (Å²) in [7, 11) is 0. The monoisotopic (exact) mass is 253 g/mol. The highest BCUT2D eigenvalue weighted by Crippen LogP contribution is 2.22. The van der Waals surface area contributed by atoms with Crippen LogP contribution in [0.5, 0.6) is 0 Å². The van der Waals surface area contributed by atoms with Crippen LogP contribution in [0.4, 0.5) is 10.5 Å². The Bertz CT molecular complexity index is 397. The SMILES string of the molecule is CC1CN(C(=O)Nc2ccc(Cl)nc2)CC1C. The smallest absolute Gasteiger partial charge is 0.321 e. The van der Waals surface area contributed by atoms with E-state index < -0.39 is 0 Å². The van der Waals surface area contributed by atoms with E-state index in [4.69, 9.17) is 11.6 Å². The molecule has 1 aliphatic rings. The molecule has 2 rings (SSSR count). The lowest BCUT2D eigenvalue weighted by Gasteiger charge is -2.16. The number of nitrogens with one attached hydrogen (secondary N) is 1. The lowest BCUT2D eigenvalue weighted by Crippen LogP contribution is -2.33. The number of urea groups is 1. The number of nitrogens with zero attached hydrogens (tertiary/aromatic N) is 2. The van der Waals surface area contributed by atoms with Gasteiger partial charge in [-0.15, -0.1) is 0 Å². The van der Waals surface area contributed by atoms with Crippen LogP contribution in [0.25, 0.3) is 0 Å². The van der Waals surface area contributed by atoms with Crippen molar-refractivity contribution < 1.29 is 4.79 Å². The number of likely N-dealkylation sites (tertiary alicyclic amines) is 1. The zero-order chi connectivity index (χ0) is 12.4. The van der Waals surface area contributed by atoms with E-state index in [9.17, 15) is 4.79 Å². The van der Waals surface area contributed by atoms with Crippen molar-refractivity contribution in [2.45, 2.75) is 13.8 Å². The van der Waals surface area contributed by atoms with Crippen LogP contribution in [0, 0.1) is 11.8 Å². The Balaban J connectivity index is 1.96. The summed E-state index contributed by atoms with van der Waals surface area (Å²) in [4.78, 5) is 17.7. The maximum absolute atomic E-state index is 11.9. The van der Waals surface area contributed by atoms with Crippen LogP contribution in [0.1, 0.15) is 13.8 Å². The number of hydrogen-bond donors (Lipinski definition) is 1. The molecule has 1 fully saturated rings. The van der Waals surface area contributed by atoms with Crippen LogP contribution in [-0.2, 0) is 0 Å². The first kappa shape index (κ1) is 12.2. The van der Waals surface area contributed by atoms with E-state index in [1.165, 1.54) is 0 Å². The quantitative estimate of drug-likeness (QED) is 0.783. The van der Waals surface area contributed by atoms with Crippen molar-refractivity contribution in [2.75, 3.05) is 18.4 Å². The lowest BCUT2D eigenvalue weighted by molar-refractivity contribution is 0.220. The third-order valence-corrected chi connectivity index (χ3v) is 3.48. The van der Waals surface area contributed by atoms with Crippen molar-refractivity contribution in [3.8, 4) is 0 Å². The molecule has 2 unspecified atom stereocenters. The van der Waals surface area contributed by atoms with E-state index in [2.05, 4.69) is 24.1 Å². The number of pyridine rings is 1. The molecule has 1 aliphatic heterocycles. The summed E-state index contributed by atoms with van der Waals surface area (Å²) in [5.41, 5.74) is 0.673. The molecule has 0 aliphatic carbocycles. The van der Waals surface area contributed by atoms with E-state index in [-0.39, 0.29) is 6.03 Å². The van der Waals surface area contributed by atoms with Crippen LogP contribution in [-0.4, -0.2) is 29.0 Å². The van der Waals surface area contributed by atoms with Gasteiger partial charge in [0.05, 0.1) is 11.9 Å². The highest BCUT2D eigenvalue weighted by molar-refractivity contribution is 6.29. The van der Waals surface area contributed by atoms with Gasteiger partial charge in [-0.05, 0) is 24.0 Å². The van der Waals surface area contributed by atoms with Gasteiger partial charge >= 0.3 is 6.03 Å². The zero-order valence-corrected chi connectivity index (χ0v) is 10.7. The van der Waals surface area contributed by atoms with Gasteiger partial charge < -0.3 is 10.2 Å². The largest absolute Gasteiger partial charge is 0.324 e. The van der Waals surface area contributed by atoms with E-state index in [0.717, 1.165) is 13.1 Å². The number of anilines is 1. The van der Waals surface area contributed by atoms with Crippen LogP contribution < -0.4 is 5.32 Å². The Morgan fingerprint density at radius 2 is 2.06 bits per heavy atom. The normalized spacial score (nSPS) is 23.8. The van der Waals surface area contributed by atoms with Gasteiger partial charge in [0.25, 0.3) is 0 Å². The standard InChI is InChI=1S/C12H16ClN3O/c1-8-6-16(7-9(8)2)12(17)15-10-3-4-11(13)14-5-10/h3-5,8-9H,6-7H2,1-2H3,(H,15,17). The molecule has 1 N–H and O–H groups in total. The number of carbonyl (C=O) groups is 1. The summed E-state index contributed by atoms with van der Waals surface area (Å²) in [6, 6.07) is 3.34. The van der Waals surface area contributed by atoms with Gasteiger partial charge in [-0.25, -0.2) is 9.78 Å². The number of aromatic nitrogens is 1. The second-order valence-electron chi connectivity index (χ2n) is 4.66. The number of halogens is 1. The van der Waals surface area contributed by atoms with Crippen molar-refractivity contribution in [1.82, 2.24) is 9.88 Å². The third-order valence-electron chi connectivity index (χ3n) is 3.25. The maximum atomic E-state index is 11.9. The zero-order valence-electron chi connectivity index (χ0n) is 9.98. The molecule has 2 atom stereocenters. The second kappa shape index (κ2) is 4.92. The maximum Gasteiger partial charge on any atom is 0.321 e. The van der Waals surface area contributed by atoms with E-state index in [1.807, 2.05) is 4.90 Å². The van der Waals surface area contributed by atoms with Gasteiger partial charge in [-0.1, -0.05) is 25.4 Å². The molecule has 17 heavy (non-hydrogen) atoms. The van der Waals surface area contributed by atoms with Gasteiger partial charge in [0, 0.05) is 13.1 Å². The third kappa shape index (κ3) is 2.88. The summed E-state index contributed by atoms with van der Waals surface area (Å²) >= 11 is 5.68. The first-order valence-electron chi connectivity index (χ1n) is 5.73. The average Bonchev–Trinajstić information content (AvgIpc) is 2.63. The molecule has 0 saturated carbocycles. The molecule has 2 heterocycles. The van der Waals surface area contributed by atoms with Crippen molar-refractivity contribution in [3.63, 3.8) is 0 Å². The fourth-order valence-electron chi connectivity index (χ4n) is 1.95. The topological polar surface area (TPSA) is 45.2 Å². The highest BCUT2D eigenvalue weighted by Gasteiger charge is 2.29. The second-order valence-corrected chi connectivity index (χ2v) is 5.05. The summed E-state index contributed by atoms with van der Waals surface area (Å²) in [6.45, 7) is 5.96. The van der Waals surface area contributed by atoms with Gasteiger partial charge in [-0.3, -0.25) is 0 Å². The first-order chi connectivity index (χ1) is 8.06. The predicted molar refractivity (Wildman–Crippen MR) is 68.2 cm³/mol. The van der Waals surface area contributed by atoms with Crippen LogP contribution >= 0.6 is 11.6 Å². The van der Waals surface area contributed by atoms with E-state index in [0.29, 0.717) is 22.7 Å². The van der Waals surface area contributed by atoms with Crippen molar-refractivity contribution in [3.05, 3.63) is 23.5 Å². The molecule has 0 bridgehead atoms. The van der Waals surface area contributed by atoms with Crippen LogP contribution in [0.15, 0.2) is 18.3 Å². The van der Waals surface area contributed by atoms with Gasteiger partial charge in [0.2, 0.25) is 0 Å². The van der Waals surface area contributed by atoms with Gasteiger partial charge in [0.15, 0.2) is 0 Å². The fraction of sp³-hybridized carbons (Fsp3) is 0.500. The molecular formula is C12H16ClN3O. The Labute approximate surface area is 106 Å². The summed E-state index contributed by atoms with van der Waals surface area (Å²) in [5, 5.41) is 3.24. The summed E-state index contributed by atoms with van der Waals surface area (Å²) in [6.07, 6.45) is 1.56. The molecule has 1 saturated heterocycles. The highest BCUT2D eigenvalue weighted by atomic mass is 35.5. The van der Waals surface area contributed by atoms with Crippen molar-refractivity contribution in [2.24, 2.45) is 11.8 Å². The number of amides is 2. The van der Waals surface area contributed by atoms with E-state index >= 15 is 0 Å². The molecule has 2 amide bonds. The lowest BCUT2D eigenvalue weighted by atomic mass is 10.0. The molecular weight excluding hydrogens is 238 g/mol. The molecule has 5 heteroatoms. The summed E-state index contributed by atoms with van der Waals surface area (Å²) < 4.78 is 0. The van der Waals surface area contributed by atoms with Crippen LogP contribution in [0.2, 0.25) is 5.15 Å². The average molecular weight is 254 g/mol. The molecule has 0 radical (unpaired) electrons. The molecule has 0 aromatic carbocycles. The Hall–Kier alpha value is -1.29. The molecule has 1 aromatic rings.